The lowest BCUT2D eigenvalue weighted by atomic mass is 10.1. The van der Waals surface area contributed by atoms with Gasteiger partial charge in [0.15, 0.2) is 0 Å². The Morgan fingerprint density at radius 2 is 1.00 bits per heavy atom. The summed E-state index contributed by atoms with van der Waals surface area (Å²) in [4.78, 5) is 0. The fraction of sp³-hybridized carbons (Fsp3) is 1.00. The Balaban J connectivity index is 3.47. The second-order valence-corrected chi connectivity index (χ2v) is 2.84. The molecule has 0 fully saturated rings. The van der Waals surface area contributed by atoms with E-state index in [2.05, 4.69) is 16.0 Å². The van der Waals surface area contributed by atoms with Crippen molar-refractivity contribution in [1.29, 1.82) is 0 Å². The quantitative estimate of drug-likeness (QED) is 0.218. The van der Waals surface area contributed by atoms with E-state index in [1.54, 1.807) is 0 Å². The van der Waals surface area contributed by atoms with E-state index in [-0.39, 0.29) is 0 Å². The van der Waals surface area contributed by atoms with E-state index in [0.717, 1.165) is 19.6 Å². The minimum Gasteiger partial charge on any atom is -0.318 e. The third kappa shape index (κ3) is 8.10. The van der Waals surface area contributed by atoms with Gasteiger partial charge in [0.05, 0.1) is 0 Å². The predicted octanol–water partition coefficient (Wildman–Crippen LogP) is -2.88. The fourth-order valence-corrected chi connectivity index (χ4v) is 1.08. The van der Waals surface area contributed by atoms with Crippen LogP contribution in [-0.2, 0) is 0 Å². The zero-order valence-corrected chi connectivity index (χ0v) is 8.05. The molecule has 0 aliphatic heterocycles. The van der Waals surface area contributed by atoms with Crippen molar-refractivity contribution in [1.82, 2.24) is 16.0 Å². The highest BCUT2D eigenvalue weighted by atomic mass is 15.0. The zero-order valence-electron chi connectivity index (χ0n) is 8.05. The Morgan fingerprint density at radius 1 is 0.692 bits per heavy atom. The summed E-state index contributed by atoms with van der Waals surface area (Å²) in [7, 11) is 0. The van der Waals surface area contributed by atoms with Crippen molar-refractivity contribution in [3.05, 3.63) is 0 Å². The van der Waals surface area contributed by atoms with Crippen LogP contribution in [-0.4, -0.2) is 39.6 Å². The molecule has 0 saturated heterocycles. The fourth-order valence-electron chi connectivity index (χ4n) is 1.08. The van der Waals surface area contributed by atoms with Crippen molar-refractivity contribution in [2.75, 3.05) is 39.6 Å². The summed E-state index contributed by atoms with van der Waals surface area (Å²) >= 11 is 0. The number of nitrogens with two attached hydrogens (primary N) is 3. The van der Waals surface area contributed by atoms with Crippen molar-refractivity contribution in [2.24, 2.45) is 23.1 Å². The third-order valence-corrected chi connectivity index (χ3v) is 1.73. The van der Waals surface area contributed by atoms with Crippen molar-refractivity contribution in [3.63, 3.8) is 0 Å². The largest absolute Gasteiger partial charge is 0.318 e. The molecule has 0 atom stereocenters. The second kappa shape index (κ2) is 9.85. The van der Waals surface area contributed by atoms with Crippen molar-refractivity contribution in [2.45, 2.75) is 0 Å². The minimum atomic E-state index is 0.468. The summed E-state index contributed by atoms with van der Waals surface area (Å²) in [5, 5.41) is 9.25. The van der Waals surface area contributed by atoms with Gasteiger partial charge in [0.1, 0.15) is 0 Å². The molecule has 0 spiro atoms. The first-order valence-corrected chi connectivity index (χ1v) is 4.57. The van der Waals surface area contributed by atoms with Gasteiger partial charge in [0, 0.05) is 39.6 Å². The molecule has 80 valence electrons. The maximum Gasteiger partial charge on any atom is 0.0428 e. The molecule has 0 rings (SSSR count). The first kappa shape index (κ1) is 12.8. The van der Waals surface area contributed by atoms with Crippen molar-refractivity contribution in [3.8, 4) is 0 Å². The minimum absolute atomic E-state index is 0.468. The van der Waals surface area contributed by atoms with Crippen LogP contribution in [0.3, 0.4) is 0 Å². The summed E-state index contributed by atoms with van der Waals surface area (Å²) in [6.45, 7) is 4.12. The monoisotopic (exact) mass is 190 g/mol. The number of hydrogen-bond donors (Lipinski definition) is 6. The zero-order chi connectivity index (χ0) is 9.94. The maximum absolute atomic E-state index is 5.33. The van der Waals surface area contributed by atoms with E-state index in [4.69, 9.17) is 17.2 Å². The molecule has 0 heterocycles. The Bertz CT molecular complexity index is 80.0. The highest BCUT2D eigenvalue weighted by Crippen LogP contribution is 1.89. The van der Waals surface area contributed by atoms with Crippen LogP contribution in [0.5, 0.6) is 0 Å². The molecule has 0 aliphatic rings. The lowest BCUT2D eigenvalue weighted by Gasteiger charge is -2.17. The average Bonchev–Trinajstić information content (AvgIpc) is 2.17. The van der Waals surface area contributed by atoms with E-state index >= 15 is 0 Å². The molecule has 0 aromatic carbocycles. The molecular formula is C7H22N6. The van der Waals surface area contributed by atoms with Crippen molar-refractivity contribution >= 4 is 0 Å². The van der Waals surface area contributed by atoms with E-state index in [0.29, 0.717) is 25.9 Å². The van der Waals surface area contributed by atoms with Gasteiger partial charge >= 0.3 is 0 Å². The topological polar surface area (TPSA) is 114 Å². The number of nitrogens with one attached hydrogen (secondary N) is 3. The van der Waals surface area contributed by atoms with E-state index in [1.165, 1.54) is 0 Å². The molecule has 6 heteroatoms. The number of hydrogen-bond acceptors (Lipinski definition) is 6. The molecule has 13 heavy (non-hydrogen) atoms. The summed E-state index contributed by atoms with van der Waals surface area (Å²) in [5.74, 6) is 0.468. The van der Waals surface area contributed by atoms with Crippen LogP contribution in [0.15, 0.2) is 0 Å². The molecule has 9 N–H and O–H groups in total. The average molecular weight is 190 g/mol. The van der Waals surface area contributed by atoms with Crippen LogP contribution in [0.25, 0.3) is 0 Å². The molecule has 0 bridgehead atoms. The van der Waals surface area contributed by atoms with Crippen LogP contribution in [0.1, 0.15) is 0 Å². The van der Waals surface area contributed by atoms with Gasteiger partial charge in [-0.1, -0.05) is 0 Å². The van der Waals surface area contributed by atoms with E-state index < -0.39 is 0 Å². The Labute approximate surface area is 79.6 Å². The van der Waals surface area contributed by atoms with Crippen LogP contribution in [0, 0.1) is 5.92 Å². The Hall–Kier alpha value is -0.240. The lowest BCUT2D eigenvalue weighted by molar-refractivity contribution is 0.423. The highest BCUT2D eigenvalue weighted by molar-refractivity contribution is 4.66. The summed E-state index contributed by atoms with van der Waals surface area (Å²) in [6, 6.07) is 0. The van der Waals surface area contributed by atoms with Crippen LogP contribution >= 0.6 is 0 Å². The first-order valence-electron chi connectivity index (χ1n) is 4.57. The van der Waals surface area contributed by atoms with Crippen LogP contribution in [0.2, 0.25) is 0 Å². The van der Waals surface area contributed by atoms with Crippen LogP contribution < -0.4 is 33.2 Å². The molecule has 0 radical (unpaired) electrons. The SMILES string of the molecule is NCNCC(CNCN)CNCN. The number of rotatable bonds is 9. The molecule has 0 unspecified atom stereocenters. The van der Waals surface area contributed by atoms with Crippen LogP contribution in [0.4, 0.5) is 0 Å². The summed E-state index contributed by atoms with van der Waals surface area (Å²) < 4.78 is 0. The lowest BCUT2D eigenvalue weighted by Crippen LogP contribution is -2.41. The first-order chi connectivity index (χ1) is 6.35. The second-order valence-electron chi connectivity index (χ2n) is 2.84. The molecule has 0 aromatic rings. The van der Waals surface area contributed by atoms with Gasteiger partial charge < -0.3 is 33.2 Å². The molecule has 0 aliphatic carbocycles. The third-order valence-electron chi connectivity index (χ3n) is 1.73. The highest BCUT2D eigenvalue weighted by Gasteiger charge is 2.05. The van der Waals surface area contributed by atoms with Gasteiger partial charge in [-0.3, -0.25) is 0 Å². The summed E-state index contributed by atoms with van der Waals surface area (Å²) in [5.41, 5.74) is 16.0. The van der Waals surface area contributed by atoms with Crippen molar-refractivity contribution < 1.29 is 0 Å². The van der Waals surface area contributed by atoms with E-state index in [9.17, 15) is 0 Å². The van der Waals surface area contributed by atoms with Gasteiger partial charge in [-0.2, -0.15) is 0 Å². The molecular weight excluding hydrogens is 168 g/mol. The van der Waals surface area contributed by atoms with Gasteiger partial charge in [0.2, 0.25) is 0 Å². The molecule has 0 amide bonds. The summed E-state index contributed by atoms with van der Waals surface area (Å²) in [6.07, 6.45) is 0. The van der Waals surface area contributed by atoms with Gasteiger partial charge in [-0.15, -0.1) is 0 Å². The molecule has 0 saturated carbocycles. The van der Waals surface area contributed by atoms with Gasteiger partial charge in [-0.25, -0.2) is 0 Å². The standard InChI is InChI=1S/C7H22N6/c8-4-11-1-7(2-12-5-9)3-13-6-10/h7,11-13H,1-6,8-10H2. The maximum atomic E-state index is 5.33. The molecule has 6 nitrogen and oxygen atoms in total. The van der Waals surface area contributed by atoms with E-state index in [1.807, 2.05) is 0 Å². The Kier molecular flexibility index (Phi) is 9.66. The normalized spacial score (nSPS) is 11.1. The smallest absolute Gasteiger partial charge is 0.0428 e. The predicted molar refractivity (Wildman–Crippen MR) is 54.7 cm³/mol. The molecule has 0 aromatic heterocycles. The van der Waals surface area contributed by atoms with Gasteiger partial charge in [-0.05, 0) is 5.92 Å². The Morgan fingerprint density at radius 3 is 1.23 bits per heavy atom. The van der Waals surface area contributed by atoms with Gasteiger partial charge in [0.25, 0.3) is 0 Å².